The number of allylic oxidation sites excluding steroid dienone is 4. The summed E-state index contributed by atoms with van der Waals surface area (Å²) in [5.74, 6) is 0. The van der Waals surface area contributed by atoms with Crippen LogP contribution in [0.2, 0.25) is 12.1 Å². The molecule has 7 rings (SSSR count). The second kappa shape index (κ2) is 16.2. The molecule has 0 amide bonds. The van der Waals surface area contributed by atoms with Crippen molar-refractivity contribution in [2.24, 2.45) is 0 Å². The van der Waals surface area contributed by atoms with E-state index in [-0.39, 0.29) is 24.8 Å². The topological polar surface area (TPSA) is 0 Å². The first-order chi connectivity index (χ1) is 18.3. The van der Waals surface area contributed by atoms with E-state index in [2.05, 4.69) is 115 Å². The van der Waals surface area contributed by atoms with Crippen LogP contribution in [0, 0.1) is 6.08 Å². The second-order valence-corrected chi connectivity index (χ2v) is 17.1. The van der Waals surface area contributed by atoms with E-state index >= 15 is 0 Å². The van der Waals surface area contributed by atoms with Crippen LogP contribution in [0.5, 0.6) is 0 Å². The van der Waals surface area contributed by atoms with Crippen LogP contribution in [-0.2, 0) is 23.3 Å². The second-order valence-electron chi connectivity index (χ2n) is 9.65. The van der Waals surface area contributed by atoms with Gasteiger partial charge in [-0.3, -0.25) is 6.08 Å². The van der Waals surface area contributed by atoms with Crippen LogP contribution >= 0.6 is 0 Å². The summed E-state index contributed by atoms with van der Waals surface area (Å²) < 4.78 is 0. The van der Waals surface area contributed by atoms with Gasteiger partial charge >= 0.3 is 60.1 Å². The number of benzene rings is 4. The van der Waals surface area contributed by atoms with Crippen molar-refractivity contribution >= 4 is 27.0 Å². The van der Waals surface area contributed by atoms with Crippen molar-refractivity contribution in [2.45, 2.75) is 37.8 Å². The third-order valence-electron chi connectivity index (χ3n) is 6.96. The summed E-state index contributed by atoms with van der Waals surface area (Å²) in [5.41, 5.74) is 5.36. The Morgan fingerprint density at radius 1 is 0.615 bits per heavy atom. The van der Waals surface area contributed by atoms with Gasteiger partial charge in [0.15, 0.2) is 0 Å². The molecule has 0 spiro atoms. The van der Waals surface area contributed by atoms with Crippen LogP contribution < -0.4 is 24.8 Å². The van der Waals surface area contributed by atoms with E-state index in [0.29, 0.717) is 5.43 Å². The summed E-state index contributed by atoms with van der Waals surface area (Å²) in [7, 11) is 0. The molecular weight excluding hydrogens is 611 g/mol. The minimum absolute atomic E-state index is 0. The molecule has 0 saturated carbocycles. The van der Waals surface area contributed by atoms with Gasteiger partial charge in [0.2, 0.25) is 0 Å². The summed E-state index contributed by atoms with van der Waals surface area (Å²) >= 11 is 1.87. The van der Waals surface area contributed by atoms with Crippen LogP contribution in [-0.4, -0.2) is 5.43 Å². The molecule has 0 unspecified atom stereocenters. The SMILES string of the molecule is [C-]1=CC=CC1.[Cl-].[Cl-].[Zr+2]=[Si]1CCCCC1.c1ccc(-c2ccc3c(c2)[cH-]c2cc(-c4ccccc4)ccc23)cc1. The van der Waals surface area contributed by atoms with E-state index in [1.165, 1.54) is 50.2 Å². The number of fused-ring (bicyclic) bond motifs is 3. The van der Waals surface area contributed by atoms with Gasteiger partial charge in [-0.2, -0.15) is 6.08 Å². The summed E-state index contributed by atoms with van der Waals surface area (Å²) in [6.45, 7) is 0. The quantitative estimate of drug-likeness (QED) is 0.201. The molecule has 1 aliphatic heterocycles. The zero-order valence-corrected chi connectivity index (χ0v) is 27.0. The van der Waals surface area contributed by atoms with Crippen LogP contribution in [0.1, 0.15) is 25.7 Å². The monoisotopic (exact) mass is 640 g/mol. The molecule has 4 heteroatoms. The van der Waals surface area contributed by atoms with Gasteiger partial charge in [-0.05, 0) is 11.1 Å². The van der Waals surface area contributed by atoms with E-state index in [9.17, 15) is 0 Å². The molecule has 0 atom stereocenters. The minimum atomic E-state index is 0. The Morgan fingerprint density at radius 3 is 1.49 bits per heavy atom. The fourth-order valence-corrected chi connectivity index (χ4v) is 9.17. The van der Waals surface area contributed by atoms with E-state index in [1.54, 1.807) is 24.9 Å². The number of hydrogen-bond donors (Lipinski definition) is 0. The normalized spacial score (nSPS) is 13.5. The van der Waals surface area contributed by atoms with Crippen LogP contribution in [0.3, 0.4) is 0 Å². The van der Waals surface area contributed by atoms with Crippen LogP contribution in [0.4, 0.5) is 0 Å². The molecule has 196 valence electrons. The average molecular weight is 643 g/mol. The van der Waals surface area contributed by atoms with Gasteiger partial charge in [0.25, 0.3) is 0 Å². The molecule has 1 saturated heterocycles. The maximum atomic E-state index is 2.99. The third kappa shape index (κ3) is 8.70. The Bertz CT molecular complexity index is 1420. The Kier molecular flexibility index (Phi) is 13.1. The van der Waals surface area contributed by atoms with E-state index in [0.717, 1.165) is 6.42 Å². The average Bonchev–Trinajstić information content (AvgIpc) is 3.66. The predicted molar refractivity (Wildman–Crippen MR) is 159 cm³/mol. The van der Waals surface area contributed by atoms with Crippen molar-refractivity contribution in [3.8, 4) is 22.3 Å². The van der Waals surface area contributed by atoms with E-state index in [1.807, 2.05) is 35.5 Å². The molecule has 1 fully saturated rings. The molecule has 0 bridgehead atoms. The largest absolute Gasteiger partial charge is 0.126 e. The molecule has 0 N–H and O–H groups in total. The van der Waals surface area contributed by atoms with Gasteiger partial charge in [-0.15, -0.1) is 46.2 Å². The fraction of sp³-hybridized carbons (Fsp3) is 0.171. The van der Waals surface area contributed by atoms with Crippen LogP contribution in [0.15, 0.2) is 121 Å². The smallest absolute Gasteiger partial charge is 0.0259 e. The molecule has 1 heterocycles. The van der Waals surface area contributed by atoms with Gasteiger partial charge in [0.1, 0.15) is 0 Å². The first-order valence-corrected chi connectivity index (χ1v) is 18.9. The number of halogens is 2. The van der Waals surface area contributed by atoms with Gasteiger partial charge in [-0.1, -0.05) is 96.1 Å². The van der Waals surface area contributed by atoms with Crippen molar-refractivity contribution in [1.82, 2.24) is 0 Å². The van der Waals surface area contributed by atoms with Crippen molar-refractivity contribution in [3.05, 3.63) is 127 Å². The predicted octanol–water partition coefficient (Wildman–Crippen LogP) is 4.07. The minimum Gasteiger partial charge on any atom is -0.126 e. The molecule has 0 nitrogen and oxygen atoms in total. The van der Waals surface area contributed by atoms with Crippen molar-refractivity contribution in [2.75, 3.05) is 0 Å². The van der Waals surface area contributed by atoms with Gasteiger partial charge in [0, 0.05) is 0 Å². The third-order valence-corrected chi connectivity index (χ3v) is 12.6. The molecule has 1 aliphatic carbocycles. The fourth-order valence-electron chi connectivity index (χ4n) is 4.96. The first kappa shape index (κ1) is 31.4. The Morgan fingerprint density at radius 2 is 1.13 bits per heavy atom. The Labute approximate surface area is 260 Å². The molecule has 0 radical (unpaired) electrons. The number of rotatable bonds is 2. The number of hydrogen-bond acceptors (Lipinski definition) is 0. The Balaban J connectivity index is 0.000000250. The van der Waals surface area contributed by atoms with E-state index in [4.69, 9.17) is 0 Å². The van der Waals surface area contributed by atoms with Gasteiger partial charge in [0.05, 0.1) is 0 Å². The molecule has 0 aromatic heterocycles. The molecular formula is C35H32Cl2SiZr-2. The van der Waals surface area contributed by atoms with Crippen molar-refractivity contribution in [3.63, 3.8) is 0 Å². The first-order valence-electron chi connectivity index (χ1n) is 13.3. The van der Waals surface area contributed by atoms with Gasteiger partial charge in [-0.25, -0.2) is 12.2 Å². The van der Waals surface area contributed by atoms with E-state index < -0.39 is 0 Å². The summed E-state index contributed by atoms with van der Waals surface area (Å²) in [6, 6.07) is 40.3. The zero-order valence-electron chi connectivity index (χ0n) is 22.0. The maximum Gasteiger partial charge on any atom is -0.0259 e. The molecule has 2 aliphatic rings. The summed E-state index contributed by atoms with van der Waals surface area (Å²) in [4.78, 5) is 0. The van der Waals surface area contributed by atoms with Crippen molar-refractivity contribution < 1.29 is 48.1 Å². The maximum absolute atomic E-state index is 2.99. The van der Waals surface area contributed by atoms with Gasteiger partial charge < -0.3 is 24.8 Å². The summed E-state index contributed by atoms with van der Waals surface area (Å²) in [6.07, 6.45) is 14.6. The molecule has 39 heavy (non-hydrogen) atoms. The zero-order chi connectivity index (χ0) is 25.3. The Hall–Kier alpha value is -2.09. The van der Waals surface area contributed by atoms with Crippen LogP contribution in [0.25, 0.3) is 43.8 Å². The molecule has 5 aromatic rings. The summed E-state index contributed by atoms with van der Waals surface area (Å²) in [5, 5.41) is 5.27. The molecule has 5 aromatic carbocycles. The van der Waals surface area contributed by atoms with Crippen molar-refractivity contribution in [1.29, 1.82) is 0 Å². The standard InChI is InChI=1S/C25H17.C5H10Si.C5H5.2ClH.Zr/c1-3-7-18(8-4-1)20-11-13-24-22(15-20)17-23-16-21(12-14-25(23)24)19-9-5-2-6-10-19;1-2-4-6-5-3-1;1-2-4-5-3-1;;;/h1-17H;1-5H2;1-3H,4H2;2*1H;/q-1;;-1;;;+2/p-2.